The third-order valence-corrected chi connectivity index (χ3v) is 2.53. The van der Waals surface area contributed by atoms with Gasteiger partial charge in [0.05, 0.1) is 24.2 Å². The topological polar surface area (TPSA) is 61.3 Å². The van der Waals surface area contributed by atoms with Gasteiger partial charge >= 0.3 is 0 Å². The van der Waals surface area contributed by atoms with Crippen LogP contribution in [0.1, 0.15) is 5.76 Å². The lowest BCUT2D eigenvalue weighted by Crippen LogP contribution is -1.92. The highest BCUT2D eigenvalue weighted by Gasteiger charge is 2.14. The maximum atomic E-state index is 6.10. The standard InChI is InChI=1S/C11H11ClN2O2/c1-15-10-4-2-3-8(12)11(10)9-5-7(6-13)16-14-9/h2-5H,6,13H2,1H3. The molecule has 1 heterocycles. The zero-order valence-corrected chi connectivity index (χ0v) is 9.49. The zero-order valence-electron chi connectivity index (χ0n) is 8.74. The van der Waals surface area contributed by atoms with Gasteiger partial charge in [-0.3, -0.25) is 0 Å². The van der Waals surface area contributed by atoms with E-state index >= 15 is 0 Å². The third kappa shape index (κ3) is 1.89. The van der Waals surface area contributed by atoms with Crippen LogP contribution in [0.25, 0.3) is 11.3 Å². The lowest BCUT2D eigenvalue weighted by Gasteiger charge is -2.06. The number of nitrogens with two attached hydrogens (primary N) is 1. The van der Waals surface area contributed by atoms with Gasteiger partial charge in [0.25, 0.3) is 0 Å². The molecule has 1 aromatic carbocycles. The van der Waals surface area contributed by atoms with E-state index in [2.05, 4.69) is 5.16 Å². The van der Waals surface area contributed by atoms with Gasteiger partial charge in [-0.2, -0.15) is 0 Å². The van der Waals surface area contributed by atoms with Gasteiger partial charge in [-0.15, -0.1) is 0 Å². The van der Waals surface area contributed by atoms with E-state index in [9.17, 15) is 0 Å². The average molecular weight is 239 g/mol. The number of methoxy groups -OCH3 is 1. The zero-order chi connectivity index (χ0) is 11.5. The summed E-state index contributed by atoms with van der Waals surface area (Å²) in [6.07, 6.45) is 0. The van der Waals surface area contributed by atoms with Gasteiger partial charge in [0.1, 0.15) is 11.4 Å². The molecular formula is C11H11ClN2O2. The summed E-state index contributed by atoms with van der Waals surface area (Å²) in [5, 5.41) is 4.47. The highest BCUT2D eigenvalue weighted by molar-refractivity contribution is 6.33. The molecular weight excluding hydrogens is 228 g/mol. The highest BCUT2D eigenvalue weighted by Crippen LogP contribution is 2.35. The molecule has 2 aromatic rings. The van der Waals surface area contributed by atoms with Crippen molar-refractivity contribution in [2.75, 3.05) is 7.11 Å². The van der Waals surface area contributed by atoms with Gasteiger partial charge in [0.15, 0.2) is 5.76 Å². The fraction of sp³-hybridized carbons (Fsp3) is 0.182. The van der Waals surface area contributed by atoms with E-state index in [0.29, 0.717) is 28.8 Å². The summed E-state index contributed by atoms with van der Waals surface area (Å²) in [6.45, 7) is 0.305. The number of rotatable bonds is 3. The first-order chi connectivity index (χ1) is 7.76. The Hall–Kier alpha value is -1.52. The van der Waals surface area contributed by atoms with Crippen molar-refractivity contribution in [1.82, 2.24) is 5.16 Å². The maximum absolute atomic E-state index is 6.10. The highest BCUT2D eigenvalue weighted by atomic mass is 35.5. The summed E-state index contributed by atoms with van der Waals surface area (Å²) in [5.74, 6) is 1.27. The normalized spacial score (nSPS) is 10.4. The van der Waals surface area contributed by atoms with E-state index in [1.54, 1.807) is 19.2 Å². The van der Waals surface area contributed by atoms with Crippen molar-refractivity contribution in [3.05, 3.63) is 35.0 Å². The summed E-state index contributed by atoms with van der Waals surface area (Å²) < 4.78 is 10.3. The first-order valence-corrected chi connectivity index (χ1v) is 5.12. The number of halogens is 1. The Morgan fingerprint density at radius 1 is 1.50 bits per heavy atom. The van der Waals surface area contributed by atoms with Crippen LogP contribution in [0.5, 0.6) is 5.75 Å². The number of nitrogens with zero attached hydrogens (tertiary/aromatic N) is 1. The molecule has 0 saturated carbocycles. The van der Waals surface area contributed by atoms with Gasteiger partial charge in [-0.25, -0.2) is 0 Å². The molecule has 1 aromatic heterocycles. The molecule has 0 fully saturated rings. The molecule has 2 rings (SSSR count). The Morgan fingerprint density at radius 2 is 2.31 bits per heavy atom. The van der Waals surface area contributed by atoms with Crippen LogP contribution in [0.4, 0.5) is 0 Å². The lowest BCUT2D eigenvalue weighted by molar-refractivity contribution is 0.385. The molecule has 0 amide bonds. The Kier molecular flexibility index (Phi) is 3.12. The van der Waals surface area contributed by atoms with E-state index in [4.69, 9.17) is 26.6 Å². The molecule has 0 aliphatic rings. The van der Waals surface area contributed by atoms with E-state index in [1.807, 2.05) is 12.1 Å². The van der Waals surface area contributed by atoms with Crippen LogP contribution in [-0.2, 0) is 6.54 Å². The van der Waals surface area contributed by atoms with Crippen molar-refractivity contribution in [2.24, 2.45) is 5.73 Å². The number of ether oxygens (including phenoxy) is 1. The molecule has 0 bridgehead atoms. The molecule has 0 unspecified atom stereocenters. The lowest BCUT2D eigenvalue weighted by atomic mass is 10.1. The second-order valence-electron chi connectivity index (χ2n) is 3.20. The minimum absolute atomic E-state index is 0.305. The third-order valence-electron chi connectivity index (χ3n) is 2.21. The molecule has 4 nitrogen and oxygen atoms in total. The van der Waals surface area contributed by atoms with Crippen LogP contribution in [-0.4, -0.2) is 12.3 Å². The van der Waals surface area contributed by atoms with Gasteiger partial charge < -0.3 is 15.0 Å². The fourth-order valence-corrected chi connectivity index (χ4v) is 1.71. The van der Waals surface area contributed by atoms with Crippen LogP contribution in [0.3, 0.4) is 0 Å². The number of hydrogen-bond donors (Lipinski definition) is 1. The van der Waals surface area contributed by atoms with Gasteiger partial charge in [0, 0.05) is 6.07 Å². The molecule has 0 spiro atoms. The SMILES string of the molecule is COc1cccc(Cl)c1-c1cc(CN)on1. The Balaban J connectivity index is 2.53. The monoisotopic (exact) mass is 238 g/mol. The summed E-state index contributed by atoms with van der Waals surface area (Å²) in [7, 11) is 1.58. The molecule has 5 heteroatoms. The molecule has 84 valence electrons. The predicted octanol–water partition coefficient (Wildman–Crippen LogP) is 2.46. The number of aromatic nitrogens is 1. The summed E-state index contributed by atoms with van der Waals surface area (Å²) in [6, 6.07) is 7.16. The van der Waals surface area contributed by atoms with Gasteiger partial charge in [-0.05, 0) is 12.1 Å². The molecule has 0 aliphatic heterocycles. The maximum Gasteiger partial charge on any atom is 0.150 e. The molecule has 0 saturated heterocycles. The largest absolute Gasteiger partial charge is 0.496 e. The van der Waals surface area contributed by atoms with Gasteiger partial charge in [-0.1, -0.05) is 22.8 Å². The van der Waals surface area contributed by atoms with Crippen molar-refractivity contribution >= 4 is 11.6 Å². The minimum Gasteiger partial charge on any atom is -0.496 e. The van der Waals surface area contributed by atoms with Crippen LogP contribution in [0.2, 0.25) is 5.02 Å². The van der Waals surface area contributed by atoms with E-state index in [1.165, 1.54) is 0 Å². The molecule has 0 aliphatic carbocycles. The molecule has 0 atom stereocenters. The number of hydrogen-bond acceptors (Lipinski definition) is 4. The summed E-state index contributed by atoms with van der Waals surface area (Å²) >= 11 is 6.10. The van der Waals surface area contributed by atoms with Crippen molar-refractivity contribution in [3.8, 4) is 17.0 Å². The van der Waals surface area contributed by atoms with Crippen molar-refractivity contribution in [2.45, 2.75) is 6.54 Å². The van der Waals surface area contributed by atoms with Crippen LogP contribution < -0.4 is 10.5 Å². The van der Waals surface area contributed by atoms with Crippen LogP contribution in [0, 0.1) is 0 Å². The Morgan fingerprint density at radius 3 is 2.94 bits per heavy atom. The number of benzene rings is 1. The quantitative estimate of drug-likeness (QED) is 0.892. The summed E-state index contributed by atoms with van der Waals surface area (Å²) in [5.41, 5.74) is 6.80. The fourth-order valence-electron chi connectivity index (χ4n) is 1.45. The first-order valence-electron chi connectivity index (χ1n) is 4.74. The minimum atomic E-state index is 0.305. The Labute approximate surface area is 97.9 Å². The van der Waals surface area contributed by atoms with Crippen molar-refractivity contribution in [3.63, 3.8) is 0 Å². The van der Waals surface area contributed by atoms with Gasteiger partial charge in [0.2, 0.25) is 0 Å². The van der Waals surface area contributed by atoms with Crippen molar-refractivity contribution in [1.29, 1.82) is 0 Å². The molecule has 0 radical (unpaired) electrons. The van der Waals surface area contributed by atoms with E-state index in [-0.39, 0.29) is 0 Å². The first kappa shape index (κ1) is 11.0. The van der Waals surface area contributed by atoms with Crippen molar-refractivity contribution < 1.29 is 9.26 Å². The van der Waals surface area contributed by atoms with E-state index in [0.717, 1.165) is 5.56 Å². The second-order valence-corrected chi connectivity index (χ2v) is 3.61. The molecule has 2 N–H and O–H groups in total. The average Bonchev–Trinajstić information content (AvgIpc) is 2.76. The van der Waals surface area contributed by atoms with Crippen LogP contribution in [0.15, 0.2) is 28.8 Å². The molecule has 16 heavy (non-hydrogen) atoms. The second kappa shape index (κ2) is 4.55. The summed E-state index contributed by atoms with van der Waals surface area (Å²) in [4.78, 5) is 0. The smallest absolute Gasteiger partial charge is 0.150 e. The van der Waals surface area contributed by atoms with Crippen LogP contribution >= 0.6 is 11.6 Å². The predicted molar refractivity (Wildman–Crippen MR) is 61.4 cm³/mol. The van der Waals surface area contributed by atoms with E-state index < -0.39 is 0 Å². The Bertz CT molecular complexity index is 496.